The van der Waals surface area contributed by atoms with E-state index >= 15 is 0 Å². The van der Waals surface area contributed by atoms with Crippen molar-refractivity contribution in [1.82, 2.24) is 9.97 Å². The van der Waals surface area contributed by atoms with Crippen LogP contribution in [0.5, 0.6) is 0 Å². The Morgan fingerprint density at radius 1 is 1.00 bits per heavy atom. The predicted molar refractivity (Wildman–Crippen MR) is 93.1 cm³/mol. The molecule has 2 aromatic carbocycles. The van der Waals surface area contributed by atoms with Crippen LogP contribution in [0.25, 0.3) is 0 Å². The molecule has 0 radical (unpaired) electrons. The van der Waals surface area contributed by atoms with Gasteiger partial charge in [-0.2, -0.15) is 4.98 Å². The lowest BCUT2D eigenvalue weighted by Gasteiger charge is -2.11. The average Bonchev–Trinajstić information content (AvgIpc) is 2.58. The molecule has 0 bridgehead atoms. The third kappa shape index (κ3) is 3.92. The second kappa shape index (κ2) is 7.14. The smallest absolute Gasteiger partial charge is 0.337 e. The number of nitrogens with one attached hydrogen (secondary N) is 2. The van der Waals surface area contributed by atoms with Gasteiger partial charge in [-0.1, -0.05) is 12.1 Å². The van der Waals surface area contributed by atoms with E-state index in [9.17, 15) is 18.7 Å². The normalized spacial score (nSPS) is 10.4. The molecule has 3 rings (SSSR count). The number of halogens is 2. The molecule has 0 aliphatic heterocycles. The first-order valence-electron chi connectivity index (χ1n) is 7.59. The van der Waals surface area contributed by atoms with Crippen LogP contribution in [0.3, 0.4) is 0 Å². The number of hydrogen-bond donors (Lipinski definition) is 3. The van der Waals surface area contributed by atoms with E-state index in [0.717, 1.165) is 12.1 Å². The maximum Gasteiger partial charge on any atom is 0.337 e. The summed E-state index contributed by atoms with van der Waals surface area (Å²) in [7, 11) is 0. The quantitative estimate of drug-likeness (QED) is 0.634. The predicted octanol–water partition coefficient (Wildman–Crippen LogP) is 4.25. The van der Waals surface area contributed by atoms with Crippen molar-refractivity contribution < 1.29 is 18.7 Å². The second-order valence-electron chi connectivity index (χ2n) is 5.45. The van der Waals surface area contributed by atoms with Gasteiger partial charge >= 0.3 is 5.97 Å². The Kier molecular flexibility index (Phi) is 4.74. The van der Waals surface area contributed by atoms with Crippen LogP contribution in [0.2, 0.25) is 0 Å². The highest BCUT2D eigenvalue weighted by molar-refractivity contribution is 5.95. The fraction of sp³-hybridized carbons (Fsp3) is 0.0556. The number of carboxylic acid groups (broad SMARTS) is 1. The number of carboxylic acids is 1. The van der Waals surface area contributed by atoms with Crippen LogP contribution >= 0.6 is 0 Å². The van der Waals surface area contributed by atoms with Crippen LogP contribution in [0.15, 0.2) is 48.5 Å². The van der Waals surface area contributed by atoms with E-state index in [1.807, 2.05) is 0 Å². The van der Waals surface area contributed by atoms with Gasteiger partial charge in [-0.3, -0.25) is 0 Å². The minimum absolute atomic E-state index is 0.0962. The standard InChI is InChI=1S/C18H14F2N4O2/c1-10-8-16(23-15-5-3-2-4-12(15)17(25)26)24-18(21-10)22-11-6-7-13(19)14(20)9-11/h2-9H,1H3,(H,25,26)(H2,21,22,23,24). The van der Waals surface area contributed by atoms with Crippen LogP contribution in [-0.2, 0) is 0 Å². The lowest BCUT2D eigenvalue weighted by Crippen LogP contribution is -2.06. The zero-order chi connectivity index (χ0) is 18.7. The van der Waals surface area contributed by atoms with Gasteiger partial charge in [0.05, 0.1) is 11.3 Å². The molecule has 0 saturated heterocycles. The minimum atomic E-state index is -1.07. The lowest BCUT2D eigenvalue weighted by atomic mass is 10.2. The summed E-state index contributed by atoms with van der Waals surface area (Å²) < 4.78 is 26.3. The molecule has 132 valence electrons. The molecule has 0 saturated carbocycles. The molecule has 0 spiro atoms. The fourth-order valence-electron chi connectivity index (χ4n) is 2.31. The van der Waals surface area contributed by atoms with Crippen LogP contribution in [0.4, 0.5) is 31.9 Å². The third-order valence-corrected chi connectivity index (χ3v) is 3.45. The highest BCUT2D eigenvalue weighted by Crippen LogP contribution is 2.22. The van der Waals surface area contributed by atoms with Crippen molar-refractivity contribution in [3.8, 4) is 0 Å². The first kappa shape index (κ1) is 17.3. The Morgan fingerprint density at radius 2 is 1.77 bits per heavy atom. The van der Waals surface area contributed by atoms with Gasteiger partial charge in [0.1, 0.15) is 5.82 Å². The summed E-state index contributed by atoms with van der Waals surface area (Å²) >= 11 is 0. The van der Waals surface area contributed by atoms with E-state index < -0.39 is 17.6 Å². The first-order chi connectivity index (χ1) is 12.4. The van der Waals surface area contributed by atoms with Gasteiger partial charge < -0.3 is 15.7 Å². The number of aromatic carboxylic acids is 1. The zero-order valence-electron chi connectivity index (χ0n) is 13.6. The molecule has 0 fully saturated rings. The monoisotopic (exact) mass is 356 g/mol. The molecule has 0 aliphatic rings. The van der Waals surface area contributed by atoms with Crippen molar-refractivity contribution in [2.75, 3.05) is 10.6 Å². The van der Waals surface area contributed by atoms with E-state index in [4.69, 9.17) is 0 Å². The summed E-state index contributed by atoms with van der Waals surface area (Å²) in [6.07, 6.45) is 0. The number of benzene rings is 2. The van der Waals surface area contributed by atoms with Gasteiger partial charge in [0.2, 0.25) is 5.95 Å². The summed E-state index contributed by atoms with van der Waals surface area (Å²) in [5.74, 6) is -2.49. The summed E-state index contributed by atoms with van der Waals surface area (Å²) in [6, 6.07) is 11.4. The van der Waals surface area contributed by atoms with Gasteiger partial charge in [-0.25, -0.2) is 18.6 Å². The average molecular weight is 356 g/mol. The Labute approximate surface area is 147 Å². The van der Waals surface area contributed by atoms with Crippen molar-refractivity contribution in [1.29, 1.82) is 0 Å². The highest BCUT2D eigenvalue weighted by Gasteiger charge is 2.11. The number of anilines is 4. The van der Waals surface area contributed by atoms with Crippen LogP contribution in [-0.4, -0.2) is 21.0 Å². The molecule has 8 heteroatoms. The molecule has 0 aliphatic carbocycles. The molecule has 3 N–H and O–H groups in total. The minimum Gasteiger partial charge on any atom is -0.478 e. The topological polar surface area (TPSA) is 87.1 Å². The summed E-state index contributed by atoms with van der Waals surface area (Å²) in [5, 5.41) is 15.0. The number of aromatic nitrogens is 2. The number of aryl methyl sites for hydroxylation is 1. The Bertz CT molecular complexity index is 979. The van der Waals surface area contributed by atoms with E-state index in [-0.39, 0.29) is 17.2 Å². The number of nitrogens with zero attached hydrogens (tertiary/aromatic N) is 2. The van der Waals surface area contributed by atoms with Gasteiger partial charge in [-0.15, -0.1) is 0 Å². The van der Waals surface area contributed by atoms with E-state index in [1.165, 1.54) is 12.1 Å². The summed E-state index contributed by atoms with van der Waals surface area (Å²) in [6.45, 7) is 1.73. The van der Waals surface area contributed by atoms with Crippen molar-refractivity contribution in [3.63, 3.8) is 0 Å². The fourth-order valence-corrected chi connectivity index (χ4v) is 2.31. The Balaban J connectivity index is 1.88. The van der Waals surface area contributed by atoms with Gasteiger partial charge in [-0.05, 0) is 31.2 Å². The molecule has 1 aromatic heterocycles. The number of hydrogen-bond acceptors (Lipinski definition) is 5. The molecular formula is C18H14F2N4O2. The van der Waals surface area contributed by atoms with Crippen molar-refractivity contribution >= 4 is 29.1 Å². The first-order valence-corrected chi connectivity index (χ1v) is 7.59. The van der Waals surface area contributed by atoms with Crippen molar-refractivity contribution in [2.24, 2.45) is 0 Å². The van der Waals surface area contributed by atoms with Crippen molar-refractivity contribution in [3.05, 3.63) is 71.4 Å². The number of rotatable bonds is 5. The Hall–Kier alpha value is -3.55. The molecule has 6 nitrogen and oxygen atoms in total. The molecule has 1 heterocycles. The highest BCUT2D eigenvalue weighted by atomic mass is 19.2. The molecule has 0 unspecified atom stereocenters. The SMILES string of the molecule is Cc1cc(Nc2ccccc2C(=O)O)nc(Nc2ccc(F)c(F)c2)n1. The molecule has 0 atom stereocenters. The zero-order valence-corrected chi connectivity index (χ0v) is 13.6. The largest absolute Gasteiger partial charge is 0.478 e. The Morgan fingerprint density at radius 3 is 2.50 bits per heavy atom. The second-order valence-corrected chi connectivity index (χ2v) is 5.45. The lowest BCUT2D eigenvalue weighted by molar-refractivity contribution is 0.0698. The van der Waals surface area contributed by atoms with Crippen molar-refractivity contribution in [2.45, 2.75) is 6.92 Å². The molecular weight excluding hydrogens is 342 g/mol. The van der Waals surface area contributed by atoms with E-state index in [2.05, 4.69) is 20.6 Å². The maximum absolute atomic E-state index is 13.3. The third-order valence-electron chi connectivity index (χ3n) is 3.45. The summed E-state index contributed by atoms with van der Waals surface area (Å²) in [4.78, 5) is 19.7. The van der Waals surface area contributed by atoms with Crippen LogP contribution < -0.4 is 10.6 Å². The molecule has 3 aromatic rings. The number of para-hydroxylation sites is 1. The van der Waals surface area contributed by atoms with Gasteiger partial charge in [0.25, 0.3) is 0 Å². The van der Waals surface area contributed by atoms with E-state index in [0.29, 0.717) is 17.2 Å². The van der Waals surface area contributed by atoms with Gasteiger partial charge in [0.15, 0.2) is 11.6 Å². The van der Waals surface area contributed by atoms with Gasteiger partial charge in [0, 0.05) is 23.5 Å². The maximum atomic E-state index is 13.3. The summed E-state index contributed by atoms with van der Waals surface area (Å²) in [5.41, 5.74) is 1.35. The van der Waals surface area contributed by atoms with Crippen LogP contribution in [0.1, 0.15) is 16.1 Å². The van der Waals surface area contributed by atoms with Crippen LogP contribution in [0, 0.1) is 18.6 Å². The molecule has 0 amide bonds. The number of carbonyl (C=O) groups is 1. The van der Waals surface area contributed by atoms with E-state index in [1.54, 1.807) is 31.2 Å². The molecule has 26 heavy (non-hydrogen) atoms.